The number of ether oxygens (including phenoxy) is 1. The van der Waals surface area contributed by atoms with E-state index in [4.69, 9.17) is 15.6 Å². The summed E-state index contributed by atoms with van der Waals surface area (Å²) in [4.78, 5) is 46.4. The predicted molar refractivity (Wildman–Crippen MR) is 90.6 cm³/mol. The first-order valence-electron chi connectivity index (χ1n) is 8.18. The molecular formula is C16H29N3O6. The molecule has 144 valence electrons. The number of amides is 3. The van der Waals surface area contributed by atoms with Crippen LogP contribution in [-0.2, 0) is 19.1 Å². The summed E-state index contributed by atoms with van der Waals surface area (Å²) in [6.45, 7) is 8.66. The summed E-state index contributed by atoms with van der Waals surface area (Å²) >= 11 is 0. The predicted octanol–water partition coefficient (Wildman–Crippen LogP) is 0.761. The highest BCUT2D eigenvalue weighted by molar-refractivity contribution is 5.89. The Hall–Kier alpha value is -2.32. The summed E-state index contributed by atoms with van der Waals surface area (Å²) in [5.74, 6) is -2.85. The monoisotopic (exact) mass is 359 g/mol. The van der Waals surface area contributed by atoms with Gasteiger partial charge >= 0.3 is 12.1 Å². The molecule has 0 aliphatic heterocycles. The highest BCUT2D eigenvalue weighted by Gasteiger charge is 2.31. The van der Waals surface area contributed by atoms with Crippen molar-refractivity contribution >= 4 is 23.9 Å². The van der Waals surface area contributed by atoms with Gasteiger partial charge in [0.15, 0.2) is 0 Å². The van der Waals surface area contributed by atoms with Crippen molar-refractivity contribution < 1.29 is 29.0 Å². The summed E-state index contributed by atoms with van der Waals surface area (Å²) in [6, 6.07) is -2.23. The molecule has 0 bridgehead atoms. The normalized spacial score (nSPS) is 14.8. The van der Waals surface area contributed by atoms with Crippen LogP contribution in [-0.4, -0.2) is 46.7 Å². The molecule has 0 aliphatic rings. The lowest BCUT2D eigenvalue weighted by Gasteiger charge is -2.27. The average Bonchev–Trinajstić information content (AvgIpc) is 2.45. The van der Waals surface area contributed by atoms with Gasteiger partial charge in [-0.25, -0.2) is 9.59 Å². The lowest BCUT2D eigenvalue weighted by molar-refractivity contribution is -0.142. The Morgan fingerprint density at radius 1 is 1.16 bits per heavy atom. The Bertz CT molecular complexity index is 501. The summed E-state index contributed by atoms with van der Waals surface area (Å²) in [6.07, 6.45) is -0.495. The van der Waals surface area contributed by atoms with Crippen LogP contribution in [0.2, 0.25) is 0 Å². The molecule has 0 aliphatic carbocycles. The van der Waals surface area contributed by atoms with E-state index in [1.54, 1.807) is 27.7 Å². The van der Waals surface area contributed by atoms with Crippen LogP contribution in [0, 0.1) is 5.92 Å². The third-order valence-electron chi connectivity index (χ3n) is 3.46. The SMILES string of the molecule is CC[C@H](C)[C@@H](NC(=O)OC(C)(C)C)C(=O)N[C@@H](CCC(N)=O)C(=O)O. The van der Waals surface area contributed by atoms with Crippen molar-refractivity contribution in [1.29, 1.82) is 0 Å². The van der Waals surface area contributed by atoms with Crippen LogP contribution < -0.4 is 16.4 Å². The molecule has 5 N–H and O–H groups in total. The lowest BCUT2D eigenvalue weighted by atomic mass is 9.98. The minimum Gasteiger partial charge on any atom is -0.480 e. The Balaban J connectivity index is 5.06. The van der Waals surface area contributed by atoms with Gasteiger partial charge < -0.3 is 26.2 Å². The molecule has 0 aromatic rings. The average molecular weight is 359 g/mol. The second-order valence-corrected chi connectivity index (χ2v) is 6.91. The number of carbonyl (C=O) groups excluding carboxylic acids is 3. The number of hydrogen-bond acceptors (Lipinski definition) is 5. The van der Waals surface area contributed by atoms with E-state index in [1.807, 2.05) is 6.92 Å². The van der Waals surface area contributed by atoms with Gasteiger partial charge in [0.2, 0.25) is 11.8 Å². The molecule has 0 radical (unpaired) electrons. The number of nitrogens with two attached hydrogens (primary N) is 1. The number of hydrogen-bond donors (Lipinski definition) is 4. The summed E-state index contributed by atoms with van der Waals surface area (Å²) in [5.41, 5.74) is 4.28. The number of carboxylic acid groups (broad SMARTS) is 1. The first-order chi connectivity index (χ1) is 11.4. The zero-order valence-electron chi connectivity index (χ0n) is 15.4. The highest BCUT2D eigenvalue weighted by atomic mass is 16.6. The Labute approximate surface area is 147 Å². The van der Waals surface area contributed by atoms with E-state index in [0.29, 0.717) is 6.42 Å². The molecule has 3 amide bonds. The van der Waals surface area contributed by atoms with E-state index in [9.17, 15) is 19.2 Å². The molecule has 0 spiro atoms. The van der Waals surface area contributed by atoms with Crippen molar-refractivity contribution in [2.24, 2.45) is 11.7 Å². The van der Waals surface area contributed by atoms with E-state index in [1.165, 1.54) is 0 Å². The molecule has 9 heteroatoms. The topological polar surface area (TPSA) is 148 Å². The van der Waals surface area contributed by atoms with E-state index >= 15 is 0 Å². The minimum atomic E-state index is -1.28. The first-order valence-corrected chi connectivity index (χ1v) is 8.18. The van der Waals surface area contributed by atoms with Crippen LogP contribution in [0.1, 0.15) is 53.9 Å². The van der Waals surface area contributed by atoms with Crippen LogP contribution >= 0.6 is 0 Å². The number of nitrogens with one attached hydrogen (secondary N) is 2. The van der Waals surface area contributed by atoms with Gasteiger partial charge in [-0.2, -0.15) is 0 Å². The van der Waals surface area contributed by atoms with Crippen LogP contribution in [0.5, 0.6) is 0 Å². The Morgan fingerprint density at radius 2 is 1.72 bits per heavy atom. The standard InChI is InChI=1S/C16H29N3O6/c1-6-9(2)12(19-15(24)25-16(3,4)5)13(21)18-10(14(22)23)7-8-11(17)20/h9-10,12H,6-8H2,1-5H3,(H2,17,20)(H,18,21)(H,19,24)(H,22,23)/t9-,10-,12+/m0/s1. The van der Waals surface area contributed by atoms with Crippen molar-refractivity contribution in [3.63, 3.8) is 0 Å². The lowest BCUT2D eigenvalue weighted by Crippen LogP contribution is -2.54. The molecule has 0 saturated heterocycles. The fourth-order valence-electron chi connectivity index (χ4n) is 1.94. The van der Waals surface area contributed by atoms with Gasteiger partial charge in [0.05, 0.1) is 0 Å². The first kappa shape index (κ1) is 22.7. The minimum absolute atomic E-state index is 0.129. The van der Waals surface area contributed by atoms with E-state index < -0.39 is 41.6 Å². The quantitative estimate of drug-likeness (QED) is 0.478. The molecule has 0 unspecified atom stereocenters. The van der Waals surface area contributed by atoms with Crippen molar-refractivity contribution in [2.45, 2.75) is 71.6 Å². The van der Waals surface area contributed by atoms with Crippen LogP contribution in [0.3, 0.4) is 0 Å². The molecule has 0 fully saturated rings. The molecule has 25 heavy (non-hydrogen) atoms. The number of rotatable bonds is 9. The van der Waals surface area contributed by atoms with Crippen LogP contribution in [0.25, 0.3) is 0 Å². The third kappa shape index (κ3) is 9.53. The van der Waals surface area contributed by atoms with Gasteiger partial charge in [-0.1, -0.05) is 20.3 Å². The molecular weight excluding hydrogens is 330 g/mol. The molecule has 0 aromatic heterocycles. The maximum Gasteiger partial charge on any atom is 0.408 e. The molecule has 0 rings (SSSR count). The van der Waals surface area contributed by atoms with Crippen molar-refractivity contribution in [1.82, 2.24) is 10.6 Å². The molecule has 0 aromatic carbocycles. The summed E-state index contributed by atoms with van der Waals surface area (Å²) < 4.78 is 5.14. The van der Waals surface area contributed by atoms with Gasteiger partial charge in [-0.3, -0.25) is 9.59 Å². The van der Waals surface area contributed by atoms with Gasteiger partial charge in [0, 0.05) is 6.42 Å². The summed E-state index contributed by atoms with van der Waals surface area (Å²) in [5, 5.41) is 14.0. The molecule has 0 saturated carbocycles. The number of alkyl carbamates (subject to hydrolysis) is 1. The zero-order chi connectivity index (χ0) is 19.8. The van der Waals surface area contributed by atoms with Gasteiger partial charge in [-0.15, -0.1) is 0 Å². The van der Waals surface area contributed by atoms with E-state index in [2.05, 4.69) is 10.6 Å². The fourth-order valence-corrected chi connectivity index (χ4v) is 1.94. The van der Waals surface area contributed by atoms with Gasteiger partial charge in [0.25, 0.3) is 0 Å². The van der Waals surface area contributed by atoms with Gasteiger partial charge in [-0.05, 0) is 33.1 Å². The summed E-state index contributed by atoms with van der Waals surface area (Å²) in [7, 11) is 0. The second kappa shape index (κ2) is 9.85. The van der Waals surface area contributed by atoms with Crippen molar-refractivity contribution in [2.75, 3.05) is 0 Å². The zero-order valence-corrected chi connectivity index (χ0v) is 15.4. The maximum atomic E-state index is 12.4. The van der Waals surface area contributed by atoms with Crippen LogP contribution in [0.4, 0.5) is 4.79 Å². The number of aliphatic carboxylic acids is 1. The number of primary amides is 1. The molecule has 3 atom stereocenters. The maximum absolute atomic E-state index is 12.4. The highest BCUT2D eigenvalue weighted by Crippen LogP contribution is 2.12. The van der Waals surface area contributed by atoms with Crippen molar-refractivity contribution in [3.05, 3.63) is 0 Å². The second-order valence-electron chi connectivity index (χ2n) is 6.91. The van der Waals surface area contributed by atoms with E-state index in [-0.39, 0.29) is 18.8 Å². The Morgan fingerprint density at radius 3 is 2.12 bits per heavy atom. The smallest absolute Gasteiger partial charge is 0.408 e. The number of carboxylic acids is 1. The van der Waals surface area contributed by atoms with Gasteiger partial charge in [0.1, 0.15) is 17.7 Å². The van der Waals surface area contributed by atoms with Crippen LogP contribution in [0.15, 0.2) is 0 Å². The third-order valence-corrected chi connectivity index (χ3v) is 3.46. The molecule has 0 heterocycles. The molecule has 9 nitrogen and oxygen atoms in total. The largest absolute Gasteiger partial charge is 0.480 e. The fraction of sp³-hybridized carbons (Fsp3) is 0.750. The van der Waals surface area contributed by atoms with E-state index in [0.717, 1.165) is 0 Å². The Kier molecular flexibility index (Phi) is 8.94. The van der Waals surface area contributed by atoms with Crippen molar-refractivity contribution in [3.8, 4) is 0 Å². The number of carbonyl (C=O) groups is 4.